The molecule has 0 saturated carbocycles. The monoisotopic (exact) mass is 198 g/mol. The maximum absolute atomic E-state index is 9.41. The molecule has 0 bridgehead atoms. The van der Waals surface area contributed by atoms with Crippen LogP contribution in [0.25, 0.3) is 0 Å². The molecule has 2 aromatic carbocycles. The smallest absolute Gasteiger partial charge is 0.115 e. The van der Waals surface area contributed by atoms with Crippen LogP contribution in [-0.2, 0) is 0 Å². The summed E-state index contributed by atoms with van der Waals surface area (Å²) in [5.74, 6) is 0.647. The zero-order valence-electron chi connectivity index (χ0n) is 8.72. The second-order valence-corrected chi connectivity index (χ2v) is 3.73. The standard InChI is InChI=1S/C14H14O/c1-11(12-6-3-2-4-7-12)13-8-5-9-14(15)10-13/h2-11,15H,1H3/t11-/m1/s1. The predicted molar refractivity (Wildman–Crippen MR) is 62.1 cm³/mol. The first kappa shape index (κ1) is 9.78. The van der Waals surface area contributed by atoms with Gasteiger partial charge in [0, 0.05) is 5.92 Å². The third-order valence-corrected chi connectivity index (χ3v) is 2.67. The van der Waals surface area contributed by atoms with Crippen molar-refractivity contribution in [2.24, 2.45) is 0 Å². The maximum Gasteiger partial charge on any atom is 0.115 e. The molecule has 1 N–H and O–H groups in total. The molecule has 0 saturated heterocycles. The minimum absolute atomic E-state index is 0.318. The Balaban J connectivity index is 2.32. The second-order valence-electron chi connectivity index (χ2n) is 3.73. The quantitative estimate of drug-likeness (QED) is 0.782. The Hall–Kier alpha value is -1.76. The molecule has 0 aliphatic rings. The van der Waals surface area contributed by atoms with Gasteiger partial charge in [0.2, 0.25) is 0 Å². The van der Waals surface area contributed by atoms with Crippen LogP contribution in [0.4, 0.5) is 0 Å². The van der Waals surface area contributed by atoms with Gasteiger partial charge in [0.1, 0.15) is 5.75 Å². The summed E-state index contributed by atoms with van der Waals surface area (Å²) in [6.07, 6.45) is 0. The number of phenolic OH excluding ortho intramolecular Hbond substituents is 1. The van der Waals surface area contributed by atoms with Gasteiger partial charge in [0.25, 0.3) is 0 Å². The normalized spacial score (nSPS) is 12.3. The van der Waals surface area contributed by atoms with Crippen molar-refractivity contribution in [1.29, 1.82) is 0 Å². The van der Waals surface area contributed by atoms with Crippen molar-refractivity contribution < 1.29 is 5.11 Å². The van der Waals surface area contributed by atoms with E-state index in [1.165, 1.54) is 5.56 Å². The molecule has 76 valence electrons. The van der Waals surface area contributed by atoms with Crippen LogP contribution in [0.2, 0.25) is 0 Å². The molecule has 0 amide bonds. The Morgan fingerprint density at radius 1 is 0.867 bits per heavy atom. The molecule has 0 spiro atoms. The number of hydrogen-bond donors (Lipinski definition) is 1. The SMILES string of the molecule is C[C@H](c1ccccc1)c1cccc(O)c1. The lowest BCUT2D eigenvalue weighted by molar-refractivity contribution is 0.474. The summed E-state index contributed by atoms with van der Waals surface area (Å²) in [6.45, 7) is 2.14. The molecule has 2 aromatic rings. The molecule has 1 heteroatoms. The molecular weight excluding hydrogens is 184 g/mol. The van der Waals surface area contributed by atoms with E-state index in [1.54, 1.807) is 6.07 Å². The molecule has 0 heterocycles. The van der Waals surface area contributed by atoms with Crippen molar-refractivity contribution in [3.63, 3.8) is 0 Å². The second kappa shape index (κ2) is 4.18. The summed E-state index contributed by atoms with van der Waals surface area (Å²) >= 11 is 0. The Kier molecular flexibility index (Phi) is 2.72. The van der Waals surface area contributed by atoms with Crippen molar-refractivity contribution in [3.05, 3.63) is 65.7 Å². The van der Waals surface area contributed by atoms with Crippen molar-refractivity contribution in [2.75, 3.05) is 0 Å². The number of hydrogen-bond acceptors (Lipinski definition) is 1. The molecule has 15 heavy (non-hydrogen) atoms. The van der Waals surface area contributed by atoms with Crippen LogP contribution in [0.1, 0.15) is 24.0 Å². The number of phenols is 1. The molecule has 1 atom stereocenters. The fourth-order valence-electron chi connectivity index (χ4n) is 1.73. The molecule has 0 unspecified atom stereocenters. The van der Waals surface area contributed by atoms with Crippen LogP contribution >= 0.6 is 0 Å². The first-order chi connectivity index (χ1) is 7.27. The summed E-state index contributed by atoms with van der Waals surface area (Å²) in [5.41, 5.74) is 2.41. The molecule has 0 fully saturated rings. The Bertz CT molecular complexity index is 434. The highest BCUT2D eigenvalue weighted by atomic mass is 16.3. The van der Waals surface area contributed by atoms with Gasteiger partial charge in [-0.3, -0.25) is 0 Å². The topological polar surface area (TPSA) is 20.2 Å². The fourth-order valence-corrected chi connectivity index (χ4v) is 1.73. The van der Waals surface area contributed by atoms with Gasteiger partial charge >= 0.3 is 0 Å². The molecule has 0 radical (unpaired) electrons. The number of benzene rings is 2. The van der Waals surface area contributed by atoms with Crippen molar-refractivity contribution in [2.45, 2.75) is 12.8 Å². The predicted octanol–water partition coefficient (Wildman–Crippen LogP) is 3.54. The van der Waals surface area contributed by atoms with Gasteiger partial charge in [-0.1, -0.05) is 49.4 Å². The lowest BCUT2D eigenvalue weighted by Gasteiger charge is -2.12. The highest BCUT2D eigenvalue weighted by Gasteiger charge is 2.07. The molecule has 0 aromatic heterocycles. The van der Waals surface area contributed by atoms with E-state index in [4.69, 9.17) is 0 Å². The molecule has 0 aliphatic heterocycles. The van der Waals surface area contributed by atoms with Gasteiger partial charge in [0.15, 0.2) is 0 Å². The molecular formula is C14H14O. The highest BCUT2D eigenvalue weighted by Crippen LogP contribution is 2.25. The van der Waals surface area contributed by atoms with E-state index in [1.807, 2.05) is 36.4 Å². The van der Waals surface area contributed by atoms with Crippen LogP contribution in [-0.4, -0.2) is 5.11 Å². The fraction of sp³-hybridized carbons (Fsp3) is 0.143. The van der Waals surface area contributed by atoms with Crippen LogP contribution in [0.3, 0.4) is 0 Å². The third kappa shape index (κ3) is 2.18. The Morgan fingerprint density at radius 3 is 2.20 bits per heavy atom. The molecule has 0 aliphatic carbocycles. The van der Waals surface area contributed by atoms with Crippen LogP contribution in [0.5, 0.6) is 5.75 Å². The van der Waals surface area contributed by atoms with Crippen molar-refractivity contribution >= 4 is 0 Å². The molecule has 1 nitrogen and oxygen atoms in total. The van der Waals surface area contributed by atoms with E-state index in [2.05, 4.69) is 19.1 Å². The van der Waals surface area contributed by atoms with E-state index in [-0.39, 0.29) is 0 Å². The van der Waals surface area contributed by atoms with Crippen molar-refractivity contribution in [3.8, 4) is 5.75 Å². The minimum atomic E-state index is 0.318. The van der Waals surface area contributed by atoms with Gasteiger partial charge in [-0.2, -0.15) is 0 Å². The largest absolute Gasteiger partial charge is 0.508 e. The summed E-state index contributed by atoms with van der Waals surface area (Å²) in [7, 11) is 0. The Labute approximate surface area is 90.0 Å². The van der Waals surface area contributed by atoms with Gasteiger partial charge < -0.3 is 5.11 Å². The average molecular weight is 198 g/mol. The van der Waals surface area contributed by atoms with Crippen molar-refractivity contribution in [1.82, 2.24) is 0 Å². The summed E-state index contributed by atoms with van der Waals surface area (Å²) < 4.78 is 0. The summed E-state index contributed by atoms with van der Waals surface area (Å²) in [5, 5.41) is 9.41. The van der Waals surface area contributed by atoms with Crippen LogP contribution in [0.15, 0.2) is 54.6 Å². The van der Waals surface area contributed by atoms with E-state index >= 15 is 0 Å². The lowest BCUT2D eigenvalue weighted by atomic mass is 9.93. The van der Waals surface area contributed by atoms with E-state index in [0.29, 0.717) is 11.7 Å². The van der Waals surface area contributed by atoms with E-state index in [0.717, 1.165) is 5.56 Å². The van der Waals surface area contributed by atoms with Gasteiger partial charge in [-0.25, -0.2) is 0 Å². The summed E-state index contributed by atoms with van der Waals surface area (Å²) in [4.78, 5) is 0. The van der Waals surface area contributed by atoms with Gasteiger partial charge in [-0.05, 0) is 23.3 Å². The first-order valence-corrected chi connectivity index (χ1v) is 5.11. The molecule has 2 rings (SSSR count). The van der Waals surface area contributed by atoms with Crippen LogP contribution in [0, 0.1) is 0 Å². The lowest BCUT2D eigenvalue weighted by Crippen LogP contribution is -1.94. The van der Waals surface area contributed by atoms with E-state index < -0.39 is 0 Å². The zero-order valence-corrected chi connectivity index (χ0v) is 8.72. The third-order valence-electron chi connectivity index (χ3n) is 2.67. The summed E-state index contributed by atoms with van der Waals surface area (Å²) in [6, 6.07) is 17.7. The van der Waals surface area contributed by atoms with Gasteiger partial charge in [-0.15, -0.1) is 0 Å². The number of rotatable bonds is 2. The van der Waals surface area contributed by atoms with E-state index in [9.17, 15) is 5.11 Å². The van der Waals surface area contributed by atoms with Gasteiger partial charge in [0.05, 0.1) is 0 Å². The first-order valence-electron chi connectivity index (χ1n) is 5.11. The van der Waals surface area contributed by atoms with Crippen LogP contribution < -0.4 is 0 Å². The number of aromatic hydroxyl groups is 1. The average Bonchev–Trinajstić information content (AvgIpc) is 2.29. The minimum Gasteiger partial charge on any atom is -0.508 e. The Morgan fingerprint density at radius 2 is 1.53 bits per heavy atom. The zero-order chi connectivity index (χ0) is 10.7. The highest BCUT2D eigenvalue weighted by molar-refractivity contribution is 5.35. The maximum atomic E-state index is 9.41.